The second-order valence-corrected chi connectivity index (χ2v) is 4.73. The molecule has 18 heavy (non-hydrogen) atoms. The summed E-state index contributed by atoms with van der Waals surface area (Å²) in [5, 5.41) is 2.29. The third-order valence-electron chi connectivity index (χ3n) is 2.80. The van der Waals surface area contributed by atoms with Gasteiger partial charge in [0.05, 0.1) is 5.69 Å². The van der Waals surface area contributed by atoms with E-state index in [1.807, 2.05) is 18.2 Å². The van der Waals surface area contributed by atoms with E-state index in [1.165, 1.54) is 5.56 Å². The van der Waals surface area contributed by atoms with Gasteiger partial charge in [0.15, 0.2) is 0 Å². The first-order valence-corrected chi connectivity index (χ1v) is 5.98. The van der Waals surface area contributed by atoms with Gasteiger partial charge in [-0.1, -0.05) is 26.0 Å². The Kier molecular flexibility index (Phi) is 3.39. The lowest BCUT2D eigenvalue weighted by molar-refractivity contribution is -0.130. The fourth-order valence-electron chi connectivity index (χ4n) is 1.78. The maximum Gasteiger partial charge on any atom is 0.310 e. The first-order chi connectivity index (χ1) is 8.49. The number of carbonyl (C=O) groups is 2. The molecule has 0 radical (unpaired) electrons. The van der Waals surface area contributed by atoms with Crippen molar-refractivity contribution in [2.24, 2.45) is 0 Å². The largest absolute Gasteiger partial charge is 0.359 e. The quantitative estimate of drug-likeness (QED) is 0.661. The molecule has 0 saturated heterocycles. The van der Waals surface area contributed by atoms with Crippen LogP contribution in [0.4, 0.5) is 5.69 Å². The molecule has 1 amide bonds. The lowest BCUT2D eigenvalue weighted by Crippen LogP contribution is -2.17. The Bertz CT molecular complexity index is 616. The number of nitrogens with one attached hydrogen (secondary N) is 2. The Balaban J connectivity index is 2.37. The minimum atomic E-state index is -1.02. The molecule has 2 N–H and O–H groups in total. The number of anilines is 1. The molecule has 0 fully saturated rings. The molecule has 2 aromatic rings. The Morgan fingerprint density at radius 1 is 1.33 bits per heavy atom. The van der Waals surface area contributed by atoms with Crippen LogP contribution in [0.2, 0.25) is 0 Å². The van der Waals surface area contributed by atoms with Gasteiger partial charge in [-0.05, 0) is 29.1 Å². The van der Waals surface area contributed by atoms with Gasteiger partial charge in [0.1, 0.15) is 0 Å². The van der Waals surface area contributed by atoms with Crippen molar-refractivity contribution in [2.45, 2.75) is 19.8 Å². The monoisotopic (exact) mass is 264 g/mol. The number of hydrogen-bond donors (Lipinski definition) is 2. The van der Waals surface area contributed by atoms with Crippen LogP contribution in [0.5, 0.6) is 0 Å². The Labute approximate surface area is 109 Å². The summed E-state index contributed by atoms with van der Waals surface area (Å²) in [6.07, 6.45) is 1.65. The highest BCUT2D eigenvalue weighted by atomic mass is 35.5. The third-order valence-corrected chi connectivity index (χ3v) is 2.97. The van der Waals surface area contributed by atoms with Crippen LogP contribution in [0.1, 0.15) is 25.3 Å². The molecule has 0 aliphatic carbocycles. The zero-order valence-electron chi connectivity index (χ0n) is 10.1. The SMILES string of the molecule is CC(C)c1ccc2c(NC(=O)C(=O)Cl)c[nH]c2c1. The van der Waals surface area contributed by atoms with Crippen molar-refractivity contribution in [1.82, 2.24) is 4.98 Å². The van der Waals surface area contributed by atoms with Gasteiger partial charge in [0, 0.05) is 17.1 Å². The summed E-state index contributed by atoms with van der Waals surface area (Å²) in [5.41, 5.74) is 2.67. The predicted molar refractivity (Wildman–Crippen MR) is 71.9 cm³/mol. The van der Waals surface area contributed by atoms with Crippen molar-refractivity contribution in [3.63, 3.8) is 0 Å². The highest BCUT2D eigenvalue weighted by Gasteiger charge is 2.13. The number of halogens is 1. The minimum absolute atomic E-state index is 0.431. The molecule has 94 valence electrons. The molecule has 0 aliphatic rings. The van der Waals surface area contributed by atoms with E-state index < -0.39 is 11.1 Å². The van der Waals surface area contributed by atoms with Gasteiger partial charge >= 0.3 is 11.1 Å². The molecule has 1 aromatic heterocycles. The zero-order valence-corrected chi connectivity index (χ0v) is 10.8. The fourth-order valence-corrected chi connectivity index (χ4v) is 1.83. The lowest BCUT2D eigenvalue weighted by Gasteiger charge is -2.05. The summed E-state index contributed by atoms with van der Waals surface area (Å²) < 4.78 is 0. The molecule has 4 nitrogen and oxygen atoms in total. The van der Waals surface area contributed by atoms with E-state index in [1.54, 1.807) is 6.20 Å². The summed E-state index contributed by atoms with van der Waals surface area (Å²) in [7, 11) is 0. The first-order valence-electron chi connectivity index (χ1n) is 5.61. The Hall–Kier alpha value is -1.81. The standard InChI is InChI=1S/C13H13ClN2O2/c1-7(2)8-3-4-9-10(5-8)15-6-11(9)16-13(18)12(14)17/h3-7,15H,1-2H3,(H,16,18). The molecule has 0 spiro atoms. The Morgan fingerprint density at radius 2 is 2.06 bits per heavy atom. The second-order valence-electron chi connectivity index (χ2n) is 4.39. The zero-order chi connectivity index (χ0) is 13.3. The smallest absolute Gasteiger partial charge is 0.310 e. The maximum absolute atomic E-state index is 11.2. The molecule has 0 saturated carbocycles. The van der Waals surface area contributed by atoms with Crippen LogP contribution in [-0.4, -0.2) is 16.1 Å². The van der Waals surface area contributed by atoms with Crippen molar-refractivity contribution in [2.75, 3.05) is 5.32 Å². The third kappa shape index (κ3) is 2.38. The van der Waals surface area contributed by atoms with Gasteiger partial charge in [-0.15, -0.1) is 0 Å². The number of aromatic nitrogens is 1. The molecular weight excluding hydrogens is 252 g/mol. The average molecular weight is 265 g/mol. The minimum Gasteiger partial charge on any atom is -0.359 e. The summed E-state index contributed by atoms with van der Waals surface area (Å²) >= 11 is 5.10. The number of carbonyl (C=O) groups excluding carboxylic acids is 2. The van der Waals surface area contributed by atoms with E-state index in [0.717, 1.165) is 10.9 Å². The van der Waals surface area contributed by atoms with Gasteiger partial charge in [-0.2, -0.15) is 0 Å². The fraction of sp³-hybridized carbons (Fsp3) is 0.231. The normalized spacial score (nSPS) is 10.9. The van der Waals surface area contributed by atoms with Crippen molar-refractivity contribution < 1.29 is 9.59 Å². The topological polar surface area (TPSA) is 62.0 Å². The van der Waals surface area contributed by atoms with Gasteiger partial charge in [-0.25, -0.2) is 0 Å². The van der Waals surface area contributed by atoms with Crippen LogP contribution in [0.15, 0.2) is 24.4 Å². The summed E-state index contributed by atoms with van der Waals surface area (Å²) in [4.78, 5) is 25.0. The van der Waals surface area contributed by atoms with Crippen LogP contribution in [0, 0.1) is 0 Å². The Morgan fingerprint density at radius 3 is 2.67 bits per heavy atom. The molecule has 0 aliphatic heterocycles. The average Bonchev–Trinajstić information content (AvgIpc) is 2.71. The van der Waals surface area contributed by atoms with E-state index in [-0.39, 0.29) is 0 Å². The first kappa shape index (κ1) is 12.6. The second kappa shape index (κ2) is 4.82. The van der Waals surface area contributed by atoms with E-state index >= 15 is 0 Å². The van der Waals surface area contributed by atoms with Crippen LogP contribution in [-0.2, 0) is 9.59 Å². The van der Waals surface area contributed by atoms with Crippen LogP contribution >= 0.6 is 11.6 Å². The van der Waals surface area contributed by atoms with Crippen molar-refractivity contribution in [3.8, 4) is 0 Å². The molecule has 1 heterocycles. The molecule has 1 aromatic carbocycles. The van der Waals surface area contributed by atoms with Crippen molar-refractivity contribution in [3.05, 3.63) is 30.0 Å². The number of benzene rings is 1. The van der Waals surface area contributed by atoms with Crippen LogP contribution in [0.25, 0.3) is 10.9 Å². The van der Waals surface area contributed by atoms with Gasteiger partial charge in [-0.3, -0.25) is 9.59 Å². The predicted octanol–water partition coefficient (Wildman–Crippen LogP) is 3.00. The molecule has 2 rings (SSSR count). The molecule has 0 bridgehead atoms. The van der Waals surface area contributed by atoms with Gasteiger partial charge < -0.3 is 10.3 Å². The van der Waals surface area contributed by atoms with Gasteiger partial charge in [0.25, 0.3) is 0 Å². The summed E-state index contributed by atoms with van der Waals surface area (Å²) in [6.45, 7) is 4.22. The highest BCUT2D eigenvalue weighted by Crippen LogP contribution is 2.26. The van der Waals surface area contributed by atoms with E-state index in [9.17, 15) is 9.59 Å². The van der Waals surface area contributed by atoms with Crippen molar-refractivity contribution in [1.29, 1.82) is 0 Å². The van der Waals surface area contributed by atoms with E-state index in [0.29, 0.717) is 11.6 Å². The number of rotatable bonds is 3. The van der Waals surface area contributed by atoms with E-state index in [4.69, 9.17) is 11.6 Å². The molecular formula is C13H13ClN2O2. The molecule has 0 atom stereocenters. The van der Waals surface area contributed by atoms with Crippen molar-refractivity contribution >= 4 is 39.3 Å². The van der Waals surface area contributed by atoms with Gasteiger partial charge in [0.2, 0.25) is 0 Å². The highest BCUT2D eigenvalue weighted by molar-refractivity contribution is 6.82. The van der Waals surface area contributed by atoms with Crippen LogP contribution in [0.3, 0.4) is 0 Å². The summed E-state index contributed by atoms with van der Waals surface area (Å²) in [6, 6.07) is 5.94. The maximum atomic E-state index is 11.2. The summed E-state index contributed by atoms with van der Waals surface area (Å²) in [5.74, 6) is -0.398. The number of H-pyrrole nitrogens is 1. The lowest BCUT2D eigenvalue weighted by atomic mass is 10.0. The number of amides is 1. The number of hydrogen-bond acceptors (Lipinski definition) is 2. The number of aromatic amines is 1. The molecule has 5 heteroatoms. The van der Waals surface area contributed by atoms with E-state index in [2.05, 4.69) is 24.1 Å². The molecule has 0 unspecified atom stereocenters. The number of fused-ring (bicyclic) bond motifs is 1. The van der Waals surface area contributed by atoms with Crippen LogP contribution < -0.4 is 5.32 Å².